The van der Waals surface area contributed by atoms with Crippen molar-refractivity contribution in [3.8, 4) is 11.1 Å². The fraction of sp³-hybridized carbons (Fsp3) is 0.469. The number of alkyl halides is 1. The summed E-state index contributed by atoms with van der Waals surface area (Å²) in [5, 5.41) is 3.22. The molecule has 0 saturated carbocycles. The maximum atomic E-state index is 14.1. The van der Waals surface area contributed by atoms with E-state index in [9.17, 15) is 14.0 Å². The van der Waals surface area contributed by atoms with E-state index in [0.29, 0.717) is 24.5 Å². The van der Waals surface area contributed by atoms with Gasteiger partial charge in [0.05, 0.1) is 11.7 Å². The van der Waals surface area contributed by atoms with Gasteiger partial charge in [0.2, 0.25) is 5.95 Å². The number of ether oxygens (including phenoxy) is 2. The van der Waals surface area contributed by atoms with Crippen LogP contribution in [0.4, 0.5) is 37.1 Å². The Balaban J connectivity index is 1.57. The lowest BCUT2D eigenvalue weighted by molar-refractivity contribution is 0.0578. The van der Waals surface area contributed by atoms with E-state index in [1.165, 1.54) is 18.0 Å². The molecule has 3 atom stereocenters. The van der Waals surface area contributed by atoms with Crippen LogP contribution in [0.5, 0.6) is 0 Å². The summed E-state index contributed by atoms with van der Waals surface area (Å²) in [5.74, 6) is 0.508. The monoisotopic (exact) mass is 622 g/mol. The minimum atomic E-state index is -1.29. The molecule has 0 bridgehead atoms. The SMILES string of the molecule is Cc1cc([C@H](C)Nc2nccc(N3C(=O)OC[C@@H]3[C@H](C)F)n2)ncc1-c1cc(N)cc(N(CCN(C)C)C(=O)OC(C)(C)C)c1. The second-order valence-electron chi connectivity index (χ2n) is 12.5. The topological polar surface area (TPSA) is 139 Å². The third-order valence-corrected chi connectivity index (χ3v) is 7.19. The molecule has 2 aromatic heterocycles. The molecule has 45 heavy (non-hydrogen) atoms. The minimum Gasteiger partial charge on any atom is -0.447 e. The lowest BCUT2D eigenvalue weighted by Gasteiger charge is -2.29. The van der Waals surface area contributed by atoms with Gasteiger partial charge < -0.3 is 25.4 Å². The number of halogens is 1. The number of nitrogens with zero attached hydrogens (tertiary/aromatic N) is 6. The third-order valence-electron chi connectivity index (χ3n) is 7.19. The Hall–Kier alpha value is -4.52. The standard InChI is InChI=1S/C32H43FN8O4/c1-19-13-26(21(3)37-29-35-10-9-28(38-29)41-27(20(2)33)18-44-31(41)43)36-17-25(19)22-14-23(34)16-24(15-22)40(12-11-39(7)8)30(42)45-32(4,5)6/h9-10,13-17,20-21,27H,11-12,18,34H2,1-8H3,(H,35,37,38)/t20-,21-,27+/m0/s1. The highest BCUT2D eigenvalue weighted by molar-refractivity contribution is 5.91. The van der Waals surface area contributed by atoms with Crippen molar-refractivity contribution in [1.29, 1.82) is 0 Å². The maximum Gasteiger partial charge on any atom is 0.416 e. The molecule has 3 aromatic rings. The number of anilines is 4. The molecule has 13 heteroatoms. The Morgan fingerprint density at radius 1 is 1.20 bits per heavy atom. The average molecular weight is 623 g/mol. The van der Waals surface area contributed by atoms with Crippen molar-refractivity contribution in [2.75, 3.05) is 54.6 Å². The van der Waals surface area contributed by atoms with Gasteiger partial charge in [-0.25, -0.2) is 19.0 Å². The van der Waals surface area contributed by atoms with E-state index in [0.717, 1.165) is 22.4 Å². The lowest BCUT2D eigenvalue weighted by Crippen LogP contribution is -2.40. The molecule has 1 saturated heterocycles. The summed E-state index contributed by atoms with van der Waals surface area (Å²) >= 11 is 0. The zero-order valence-electron chi connectivity index (χ0n) is 27.2. The van der Waals surface area contributed by atoms with Gasteiger partial charge in [-0.05, 0) is 97.1 Å². The minimum absolute atomic E-state index is 0.0428. The van der Waals surface area contributed by atoms with Crippen LogP contribution in [-0.4, -0.2) is 83.6 Å². The number of hydrogen-bond donors (Lipinski definition) is 2. The van der Waals surface area contributed by atoms with Gasteiger partial charge >= 0.3 is 12.2 Å². The second kappa shape index (κ2) is 13.6. The van der Waals surface area contributed by atoms with E-state index in [1.807, 2.05) is 71.8 Å². The van der Waals surface area contributed by atoms with Crippen LogP contribution >= 0.6 is 0 Å². The summed E-state index contributed by atoms with van der Waals surface area (Å²) in [6.45, 7) is 11.8. The van der Waals surface area contributed by atoms with E-state index in [2.05, 4.69) is 15.3 Å². The summed E-state index contributed by atoms with van der Waals surface area (Å²) in [7, 11) is 3.89. The zero-order valence-corrected chi connectivity index (χ0v) is 27.2. The lowest BCUT2D eigenvalue weighted by atomic mass is 9.99. The highest BCUT2D eigenvalue weighted by Gasteiger charge is 2.39. The second-order valence-corrected chi connectivity index (χ2v) is 12.5. The number of nitrogens with two attached hydrogens (primary N) is 1. The van der Waals surface area contributed by atoms with Crippen molar-refractivity contribution >= 4 is 35.3 Å². The van der Waals surface area contributed by atoms with Crippen molar-refractivity contribution < 1.29 is 23.5 Å². The largest absolute Gasteiger partial charge is 0.447 e. The Labute approximate surface area is 263 Å². The summed E-state index contributed by atoms with van der Waals surface area (Å²) < 4.78 is 24.9. The number of aryl methyl sites for hydroxylation is 1. The highest BCUT2D eigenvalue weighted by atomic mass is 19.1. The van der Waals surface area contributed by atoms with Gasteiger partial charge in [-0.2, -0.15) is 4.98 Å². The molecule has 12 nitrogen and oxygen atoms in total. The van der Waals surface area contributed by atoms with Gasteiger partial charge in [0, 0.05) is 42.4 Å². The Kier molecular flexibility index (Phi) is 10.1. The zero-order chi connectivity index (χ0) is 33.1. The number of benzene rings is 1. The molecule has 2 amide bonds. The molecule has 0 spiro atoms. The number of carbonyl (C=O) groups excluding carboxylic acids is 2. The molecule has 4 rings (SSSR count). The summed E-state index contributed by atoms with van der Waals surface area (Å²) in [5.41, 5.74) is 10.1. The van der Waals surface area contributed by atoms with Gasteiger partial charge in [-0.3, -0.25) is 14.8 Å². The first kappa shape index (κ1) is 33.4. The van der Waals surface area contributed by atoms with E-state index < -0.39 is 30.0 Å². The maximum absolute atomic E-state index is 14.1. The number of amides is 2. The predicted molar refractivity (Wildman–Crippen MR) is 173 cm³/mol. The molecular weight excluding hydrogens is 579 g/mol. The Morgan fingerprint density at radius 2 is 1.93 bits per heavy atom. The highest BCUT2D eigenvalue weighted by Crippen LogP contribution is 2.32. The summed E-state index contributed by atoms with van der Waals surface area (Å²) in [6.07, 6.45) is 0.882. The molecule has 0 unspecified atom stereocenters. The van der Waals surface area contributed by atoms with Gasteiger partial charge in [-0.15, -0.1) is 0 Å². The van der Waals surface area contributed by atoms with Crippen LogP contribution in [0.15, 0.2) is 42.7 Å². The van der Waals surface area contributed by atoms with Crippen LogP contribution in [0.1, 0.15) is 51.9 Å². The van der Waals surface area contributed by atoms with Crippen molar-refractivity contribution in [3.63, 3.8) is 0 Å². The van der Waals surface area contributed by atoms with Crippen LogP contribution in [0, 0.1) is 6.92 Å². The van der Waals surface area contributed by atoms with Crippen molar-refractivity contribution in [1.82, 2.24) is 19.9 Å². The quantitative estimate of drug-likeness (QED) is 0.275. The van der Waals surface area contributed by atoms with Crippen LogP contribution in [-0.2, 0) is 9.47 Å². The normalized spacial score (nSPS) is 16.4. The molecule has 0 radical (unpaired) electrons. The third kappa shape index (κ3) is 8.35. The molecule has 1 aliphatic heterocycles. The molecule has 1 aliphatic rings. The summed E-state index contributed by atoms with van der Waals surface area (Å²) in [4.78, 5) is 43.7. The first-order valence-electron chi connectivity index (χ1n) is 14.9. The van der Waals surface area contributed by atoms with E-state index >= 15 is 0 Å². The molecule has 3 N–H and O–H groups in total. The number of likely N-dealkylation sites (N-methyl/N-ethyl adjacent to an activating group) is 1. The van der Waals surface area contributed by atoms with Crippen LogP contribution in [0.2, 0.25) is 0 Å². The number of aromatic nitrogens is 3. The molecular formula is C32H43FN8O4. The smallest absolute Gasteiger partial charge is 0.416 e. The summed E-state index contributed by atoms with van der Waals surface area (Å²) in [6, 6.07) is 7.96. The van der Waals surface area contributed by atoms with Gasteiger partial charge in [-0.1, -0.05) is 0 Å². The molecule has 3 heterocycles. The number of hydrogen-bond acceptors (Lipinski definition) is 10. The van der Waals surface area contributed by atoms with E-state index in [1.54, 1.807) is 23.2 Å². The predicted octanol–water partition coefficient (Wildman–Crippen LogP) is 5.59. The average Bonchev–Trinajstić information content (AvgIpc) is 3.33. The number of nitrogen functional groups attached to an aromatic ring is 1. The Morgan fingerprint density at radius 3 is 2.58 bits per heavy atom. The fourth-order valence-electron chi connectivity index (χ4n) is 4.86. The number of nitrogens with one attached hydrogen (secondary N) is 1. The first-order chi connectivity index (χ1) is 21.1. The van der Waals surface area contributed by atoms with Crippen LogP contribution < -0.4 is 20.9 Å². The number of carbonyl (C=O) groups is 2. The van der Waals surface area contributed by atoms with E-state index in [-0.39, 0.29) is 24.4 Å². The van der Waals surface area contributed by atoms with Gasteiger partial charge in [0.25, 0.3) is 0 Å². The van der Waals surface area contributed by atoms with E-state index in [4.69, 9.17) is 20.2 Å². The molecule has 0 aliphatic carbocycles. The Bertz CT molecular complexity index is 1530. The number of cyclic esters (lactones) is 1. The number of pyridine rings is 1. The van der Waals surface area contributed by atoms with Crippen molar-refractivity contribution in [2.24, 2.45) is 0 Å². The van der Waals surface area contributed by atoms with Crippen LogP contribution in [0.25, 0.3) is 11.1 Å². The fourth-order valence-corrected chi connectivity index (χ4v) is 4.86. The van der Waals surface area contributed by atoms with Crippen LogP contribution in [0.3, 0.4) is 0 Å². The van der Waals surface area contributed by atoms with Gasteiger partial charge in [0.1, 0.15) is 30.2 Å². The van der Waals surface area contributed by atoms with Crippen molar-refractivity contribution in [3.05, 3.63) is 54.0 Å². The first-order valence-corrected chi connectivity index (χ1v) is 14.9. The number of rotatable bonds is 10. The molecule has 1 fully saturated rings. The van der Waals surface area contributed by atoms with Gasteiger partial charge in [0.15, 0.2) is 0 Å². The molecule has 1 aromatic carbocycles. The molecule has 242 valence electrons. The van der Waals surface area contributed by atoms with Crippen molar-refractivity contribution in [2.45, 2.75) is 65.4 Å².